The van der Waals surface area contributed by atoms with E-state index in [0.717, 1.165) is 11.1 Å². The molecule has 1 aliphatic heterocycles. The Morgan fingerprint density at radius 1 is 1.05 bits per heavy atom. The summed E-state index contributed by atoms with van der Waals surface area (Å²) in [5.74, 6) is 2.53. The Morgan fingerprint density at radius 3 is 2.32 bits per heavy atom. The minimum absolute atomic E-state index is 0.219. The molecule has 0 saturated heterocycles. The zero-order valence-corrected chi connectivity index (χ0v) is 12.0. The van der Waals surface area contributed by atoms with Gasteiger partial charge in [0.25, 0.3) is 0 Å². The van der Waals surface area contributed by atoms with Gasteiger partial charge in [0.05, 0.1) is 0 Å². The van der Waals surface area contributed by atoms with Crippen molar-refractivity contribution in [2.45, 2.75) is 18.4 Å². The van der Waals surface area contributed by atoms with Crippen molar-refractivity contribution in [3.8, 4) is 12.3 Å². The van der Waals surface area contributed by atoms with E-state index in [1.165, 1.54) is 0 Å². The maximum Gasteiger partial charge on any atom is 0.342 e. The lowest BCUT2D eigenvalue weighted by Gasteiger charge is -2.19. The molecule has 1 atom stereocenters. The van der Waals surface area contributed by atoms with Gasteiger partial charge in [-0.15, -0.1) is 12.3 Å². The Hall–Kier alpha value is -2.86. The molecule has 22 heavy (non-hydrogen) atoms. The van der Waals surface area contributed by atoms with Crippen LogP contribution < -0.4 is 0 Å². The van der Waals surface area contributed by atoms with Crippen molar-refractivity contribution in [1.82, 2.24) is 0 Å². The predicted octanol–water partition coefficient (Wildman–Crippen LogP) is 2.99. The van der Waals surface area contributed by atoms with E-state index in [4.69, 9.17) is 11.2 Å². The second-order valence-corrected chi connectivity index (χ2v) is 5.25. The number of esters is 1. The highest BCUT2D eigenvalue weighted by Crippen LogP contribution is 2.30. The van der Waals surface area contributed by atoms with Crippen molar-refractivity contribution in [1.29, 1.82) is 0 Å². The maximum absolute atomic E-state index is 12.4. The van der Waals surface area contributed by atoms with Crippen LogP contribution in [0.2, 0.25) is 0 Å². The quantitative estimate of drug-likeness (QED) is 0.641. The highest BCUT2D eigenvalue weighted by molar-refractivity contribution is 6.08. The number of aliphatic imine (C=N–C) groups is 1. The summed E-state index contributed by atoms with van der Waals surface area (Å²) in [7, 11) is 0. The Balaban J connectivity index is 1.98. The molecule has 0 saturated carbocycles. The third-order valence-corrected chi connectivity index (χ3v) is 3.64. The lowest BCUT2D eigenvalue weighted by Crippen LogP contribution is -2.36. The number of nitrogens with zero attached hydrogens (tertiary/aromatic N) is 1. The van der Waals surface area contributed by atoms with E-state index in [9.17, 15) is 4.79 Å². The zero-order valence-electron chi connectivity index (χ0n) is 12.0. The second kappa shape index (κ2) is 5.87. The molecule has 0 spiro atoms. The first-order chi connectivity index (χ1) is 10.7. The van der Waals surface area contributed by atoms with Gasteiger partial charge in [0.2, 0.25) is 5.90 Å². The van der Waals surface area contributed by atoms with Gasteiger partial charge >= 0.3 is 5.97 Å². The largest absolute Gasteiger partial charge is 0.405 e. The van der Waals surface area contributed by atoms with E-state index in [0.29, 0.717) is 12.3 Å². The van der Waals surface area contributed by atoms with Crippen LogP contribution >= 0.6 is 0 Å². The van der Waals surface area contributed by atoms with Crippen LogP contribution in [0.4, 0.5) is 0 Å². The fraction of sp³-hybridized carbons (Fsp3) is 0.158. The number of cyclic esters (lactones) is 1. The van der Waals surface area contributed by atoms with E-state index in [1.807, 2.05) is 60.7 Å². The van der Waals surface area contributed by atoms with E-state index in [2.05, 4.69) is 10.9 Å². The molecule has 0 N–H and O–H groups in total. The van der Waals surface area contributed by atoms with E-state index in [1.54, 1.807) is 0 Å². The first-order valence-electron chi connectivity index (χ1n) is 7.08. The van der Waals surface area contributed by atoms with Gasteiger partial charge in [0.15, 0.2) is 5.54 Å². The second-order valence-electron chi connectivity index (χ2n) is 5.25. The standard InChI is InChI=1S/C19H15NO2/c1-2-13-19(14-15-9-5-3-6-10-15)18(21)22-17(20-19)16-11-7-4-8-12-16/h1,3-12H,13-14H2/t19-/m0/s1. The number of terminal acetylenes is 1. The van der Waals surface area contributed by atoms with E-state index in [-0.39, 0.29) is 12.4 Å². The van der Waals surface area contributed by atoms with Crippen LogP contribution in [0.15, 0.2) is 65.7 Å². The molecule has 1 heterocycles. The molecule has 0 aliphatic carbocycles. The first kappa shape index (κ1) is 14.1. The van der Waals surface area contributed by atoms with Crippen molar-refractivity contribution < 1.29 is 9.53 Å². The van der Waals surface area contributed by atoms with Crippen molar-refractivity contribution in [2.75, 3.05) is 0 Å². The van der Waals surface area contributed by atoms with Crippen molar-refractivity contribution in [3.63, 3.8) is 0 Å². The van der Waals surface area contributed by atoms with Gasteiger partial charge in [0, 0.05) is 18.4 Å². The van der Waals surface area contributed by atoms with E-state index < -0.39 is 5.54 Å². The van der Waals surface area contributed by atoms with Crippen LogP contribution in [0, 0.1) is 12.3 Å². The highest BCUT2D eigenvalue weighted by Gasteiger charge is 2.45. The summed E-state index contributed by atoms with van der Waals surface area (Å²) in [6.07, 6.45) is 6.12. The SMILES string of the molecule is C#CC[C@@]1(Cc2ccccc2)N=C(c2ccccc2)OC1=O. The number of rotatable bonds is 4. The van der Waals surface area contributed by atoms with Crippen LogP contribution in [-0.4, -0.2) is 17.4 Å². The molecule has 3 nitrogen and oxygen atoms in total. The maximum atomic E-state index is 12.4. The van der Waals surface area contributed by atoms with E-state index >= 15 is 0 Å². The van der Waals surface area contributed by atoms with Gasteiger partial charge < -0.3 is 4.74 Å². The molecule has 3 rings (SSSR count). The molecule has 3 heteroatoms. The molecule has 0 fully saturated rings. The molecule has 2 aromatic carbocycles. The Bertz CT molecular complexity index is 744. The summed E-state index contributed by atoms with van der Waals surface area (Å²) < 4.78 is 5.40. The smallest absolute Gasteiger partial charge is 0.342 e. The Labute approximate surface area is 129 Å². The van der Waals surface area contributed by atoms with Crippen LogP contribution in [-0.2, 0) is 16.0 Å². The molecule has 0 radical (unpaired) electrons. The third kappa shape index (κ3) is 2.64. The lowest BCUT2D eigenvalue weighted by molar-refractivity contribution is -0.138. The van der Waals surface area contributed by atoms with Crippen molar-refractivity contribution in [3.05, 3.63) is 71.8 Å². The molecule has 2 aromatic rings. The van der Waals surface area contributed by atoms with Crippen LogP contribution in [0.25, 0.3) is 0 Å². The van der Waals surface area contributed by atoms with Gasteiger partial charge in [-0.2, -0.15) is 0 Å². The summed E-state index contributed by atoms with van der Waals surface area (Å²) >= 11 is 0. The van der Waals surface area contributed by atoms with Crippen molar-refractivity contribution in [2.24, 2.45) is 4.99 Å². The monoisotopic (exact) mass is 289 g/mol. The molecule has 0 unspecified atom stereocenters. The number of carbonyl (C=O) groups excluding carboxylic acids is 1. The lowest BCUT2D eigenvalue weighted by atomic mass is 9.89. The molecule has 108 valence electrons. The molecule has 1 aliphatic rings. The number of hydrogen-bond acceptors (Lipinski definition) is 3. The van der Waals surface area contributed by atoms with Gasteiger partial charge in [-0.1, -0.05) is 48.5 Å². The Morgan fingerprint density at radius 2 is 1.68 bits per heavy atom. The minimum Gasteiger partial charge on any atom is -0.405 e. The molecule has 0 bridgehead atoms. The minimum atomic E-state index is -1.03. The fourth-order valence-electron chi connectivity index (χ4n) is 2.54. The zero-order chi connectivity index (χ0) is 15.4. The normalized spacial score (nSPS) is 20.1. The number of benzene rings is 2. The average molecular weight is 289 g/mol. The van der Waals surface area contributed by atoms with Gasteiger partial charge in [-0.05, 0) is 17.7 Å². The topological polar surface area (TPSA) is 38.7 Å². The summed E-state index contributed by atoms with van der Waals surface area (Å²) in [6, 6.07) is 19.1. The fourth-order valence-corrected chi connectivity index (χ4v) is 2.54. The average Bonchev–Trinajstić information content (AvgIpc) is 2.86. The van der Waals surface area contributed by atoms with Gasteiger partial charge in [-0.25, -0.2) is 9.79 Å². The van der Waals surface area contributed by atoms with Crippen LogP contribution in [0.5, 0.6) is 0 Å². The Kier molecular flexibility index (Phi) is 3.76. The summed E-state index contributed by atoms with van der Waals surface area (Å²) in [6.45, 7) is 0. The third-order valence-electron chi connectivity index (χ3n) is 3.64. The summed E-state index contributed by atoms with van der Waals surface area (Å²) in [5, 5.41) is 0. The predicted molar refractivity (Wildman–Crippen MR) is 85.4 cm³/mol. The summed E-state index contributed by atoms with van der Waals surface area (Å²) in [4.78, 5) is 17.0. The first-order valence-corrected chi connectivity index (χ1v) is 7.08. The number of carbonyl (C=O) groups is 1. The van der Waals surface area contributed by atoms with Crippen LogP contribution in [0.3, 0.4) is 0 Å². The van der Waals surface area contributed by atoms with Crippen LogP contribution in [0.1, 0.15) is 17.5 Å². The number of hydrogen-bond donors (Lipinski definition) is 0. The highest BCUT2D eigenvalue weighted by atomic mass is 16.6. The van der Waals surface area contributed by atoms with Gasteiger partial charge in [0.1, 0.15) is 0 Å². The van der Waals surface area contributed by atoms with Crippen molar-refractivity contribution >= 4 is 11.9 Å². The molecule has 0 aromatic heterocycles. The number of ether oxygens (including phenoxy) is 1. The summed E-state index contributed by atoms with van der Waals surface area (Å²) in [5.41, 5.74) is 0.761. The molecular weight excluding hydrogens is 274 g/mol. The molecule has 0 amide bonds. The molecular formula is C19H15NO2. The van der Waals surface area contributed by atoms with Gasteiger partial charge in [-0.3, -0.25) is 0 Å².